The number of aromatic nitrogens is 1. The van der Waals surface area contributed by atoms with Crippen molar-refractivity contribution in [3.05, 3.63) is 75.0 Å². The Morgan fingerprint density at radius 1 is 1.02 bits per heavy atom. The summed E-state index contributed by atoms with van der Waals surface area (Å²) in [5.41, 5.74) is -5.00. The number of para-hydroxylation sites is 1. The minimum Gasteiger partial charge on any atom is -0.490 e. The molecule has 4 N–H and O–H groups in total. The van der Waals surface area contributed by atoms with Gasteiger partial charge in [0, 0.05) is 72.3 Å². The van der Waals surface area contributed by atoms with Gasteiger partial charge in [-0.05, 0) is 74.2 Å². The number of likely N-dealkylation sites (N-methyl/N-ethyl adjacent to an activating group) is 1. The molecule has 1 aliphatic carbocycles. The first-order valence-electron chi connectivity index (χ1n) is 20.8. The van der Waals surface area contributed by atoms with Crippen LogP contribution in [-0.2, 0) is 36.3 Å². The summed E-state index contributed by atoms with van der Waals surface area (Å²) in [4.78, 5) is 52.5. The van der Waals surface area contributed by atoms with E-state index >= 15 is 4.79 Å². The molecule has 2 saturated heterocycles. The molecule has 1 spiro atoms. The number of esters is 2. The second-order valence-electron chi connectivity index (χ2n) is 18.0. The van der Waals surface area contributed by atoms with Crippen LogP contribution in [0.2, 0.25) is 0 Å². The molecule has 6 aliphatic rings. The first kappa shape index (κ1) is 39.9. The Balaban J connectivity index is 1.42. The number of piperidine rings is 1. The van der Waals surface area contributed by atoms with Gasteiger partial charge in [0.1, 0.15) is 17.2 Å². The number of carbonyl (C=O) groups excluding carboxylic acids is 2. The normalized spacial score (nSPS) is 37.0. The van der Waals surface area contributed by atoms with Crippen molar-refractivity contribution in [2.75, 3.05) is 66.0 Å². The average molecular weight is 814 g/mol. The third-order valence-electron chi connectivity index (χ3n) is 15.6. The fourth-order valence-electron chi connectivity index (χ4n) is 13.5. The first-order valence-corrected chi connectivity index (χ1v) is 20.8. The van der Waals surface area contributed by atoms with Crippen molar-refractivity contribution in [2.24, 2.45) is 11.3 Å². The number of nitro benzene ring substituents is 1. The topological polar surface area (TPSA) is 191 Å². The predicted octanol–water partition coefficient (Wildman–Crippen LogP) is 3.33. The van der Waals surface area contributed by atoms with E-state index in [2.05, 4.69) is 14.8 Å². The molecule has 2 unspecified atom stereocenters. The monoisotopic (exact) mass is 813 g/mol. The van der Waals surface area contributed by atoms with Gasteiger partial charge < -0.3 is 39.4 Å². The molecule has 5 aliphatic heterocycles. The average Bonchev–Trinajstić information content (AvgIpc) is 3.90. The number of anilines is 1. The highest BCUT2D eigenvalue weighted by Crippen LogP contribution is 2.69. The van der Waals surface area contributed by atoms with Crippen LogP contribution in [0, 0.1) is 21.4 Å². The van der Waals surface area contributed by atoms with Crippen LogP contribution in [0.25, 0.3) is 10.9 Å². The first-order chi connectivity index (χ1) is 28.2. The molecule has 0 amide bonds. The maximum Gasteiger partial charge on any atom is 0.342 e. The smallest absolute Gasteiger partial charge is 0.342 e. The molecular formula is C44H55N5O10. The summed E-state index contributed by atoms with van der Waals surface area (Å²) in [7, 11) is 5.44. The van der Waals surface area contributed by atoms with Crippen molar-refractivity contribution in [1.29, 1.82) is 0 Å². The number of nitro groups is 1. The van der Waals surface area contributed by atoms with Gasteiger partial charge in [-0.3, -0.25) is 24.7 Å². The zero-order valence-electron chi connectivity index (χ0n) is 34.6. The third-order valence-corrected chi connectivity index (χ3v) is 15.6. The lowest BCUT2D eigenvalue weighted by molar-refractivity contribution is -0.385. The Morgan fingerprint density at radius 3 is 2.44 bits per heavy atom. The third kappa shape index (κ3) is 4.93. The summed E-state index contributed by atoms with van der Waals surface area (Å²) in [6, 6.07) is 7.94. The highest BCUT2D eigenvalue weighted by molar-refractivity contribution is 5.96. The Labute approximate surface area is 343 Å². The summed E-state index contributed by atoms with van der Waals surface area (Å²) in [5, 5.41) is 52.2. The van der Waals surface area contributed by atoms with Crippen LogP contribution in [0.4, 0.5) is 11.4 Å². The summed E-state index contributed by atoms with van der Waals surface area (Å²) < 4.78 is 17.3. The number of methoxy groups -OCH3 is 3. The second-order valence-corrected chi connectivity index (χ2v) is 18.0. The quantitative estimate of drug-likeness (QED) is 0.118. The van der Waals surface area contributed by atoms with Crippen LogP contribution >= 0.6 is 0 Å². The zero-order valence-corrected chi connectivity index (χ0v) is 34.6. The number of nitrogens with zero attached hydrogens (tertiary/aromatic N) is 4. The number of aliphatic hydroxyl groups is 3. The van der Waals surface area contributed by atoms with E-state index in [1.165, 1.54) is 14.2 Å². The molecule has 10 atom stereocenters. The number of aliphatic hydroxyl groups excluding tert-OH is 1. The number of ether oxygens (including phenoxy) is 3. The fourth-order valence-corrected chi connectivity index (χ4v) is 13.5. The fraction of sp³-hybridized carbons (Fsp3) is 0.591. The van der Waals surface area contributed by atoms with Gasteiger partial charge in [-0.1, -0.05) is 44.2 Å². The molecule has 15 nitrogen and oxygen atoms in total. The highest BCUT2D eigenvalue weighted by Gasteiger charge is 2.80. The van der Waals surface area contributed by atoms with Gasteiger partial charge in [-0.2, -0.15) is 0 Å². The molecule has 1 aromatic heterocycles. The van der Waals surface area contributed by atoms with Crippen molar-refractivity contribution in [3.63, 3.8) is 0 Å². The van der Waals surface area contributed by atoms with Gasteiger partial charge in [0.15, 0.2) is 0 Å². The van der Waals surface area contributed by atoms with E-state index in [1.807, 2.05) is 56.3 Å². The largest absolute Gasteiger partial charge is 0.490 e. The summed E-state index contributed by atoms with van der Waals surface area (Å²) in [6.07, 6.45) is 4.47. The Kier molecular flexibility index (Phi) is 9.12. The molecule has 6 heterocycles. The molecule has 15 heteroatoms. The standard InChI is InChI=1S/C44H55N5O10/c1-7-40(53)21-25-22-43(38(51)58-5,34-27(14-18-47(23-25)24-40)26-12-9-10-13-30(26)45-34)29-20-28-31(32(49(55)56)33(29)57-4)46(3)36-42(28)16-19-48-17-11-15-41(8-2,35(42)48)37(50)44(36,54)39(52)59-6/h9-13,15,20,25,35-37,45,50,53-54H,7-8,14,16-19,21-24H2,1-6H3/t25-,35-,36+,37+,40-,41+,42?,43-,44-/m0/s1. The van der Waals surface area contributed by atoms with E-state index in [0.29, 0.717) is 76.1 Å². The molecule has 59 heavy (non-hydrogen) atoms. The molecule has 316 valence electrons. The Morgan fingerprint density at radius 2 is 1.76 bits per heavy atom. The minimum atomic E-state index is -2.54. The number of carbonyl (C=O) groups is 2. The molecule has 3 aromatic rings. The lowest BCUT2D eigenvalue weighted by Crippen LogP contribution is -2.80. The highest BCUT2D eigenvalue weighted by atomic mass is 16.6. The van der Waals surface area contributed by atoms with Crippen LogP contribution in [0.1, 0.15) is 68.3 Å². The lowest BCUT2D eigenvalue weighted by atomic mass is 9.47. The van der Waals surface area contributed by atoms with Crippen LogP contribution in [0.3, 0.4) is 0 Å². The number of aromatic amines is 1. The summed E-state index contributed by atoms with van der Waals surface area (Å²) >= 11 is 0. The number of benzene rings is 2. The number of H-pyrrole nitrogens is 1. The number of hydrogen-bond acceptors (Lipinski definition) is 13. The Bertz CT molecular complexity index is 2300. The van der Waals surface area contributed by atoms with Crippen LogP contribution in [-0.4, -0.2) is 137 Å². The number of rotatable bonds is 7. The molecule has 2 aromatic carbocycles. The van der Waals surface area contributed by atoms with E-state index in [0.717, 1.165) is 23.6 Å². The lowest BCUT2D eigenvalue weighted by Gasteiger charge is -2.63. The van der Waals surface area contributed by atoms with Crippen LogP contribution in [0.15, 0.2) is 42.5 Å². The van der Waals surface area contributed by atoms with Crippen LogP contribution in [0.5, 0.6) is 5.75 Å². The molecular weight excluding hydrogens is 759 g/mol. The van der Waals surface area contributed by atoms with E-state index in [1.54, 1.807) is 11.9 Å². The summed E-state index contributed by atoms with van der Waals surface area (Å²) in [6.45, 7) is 6.60. The van der Waals surface area contributed by atoms with Crippen molar-refractivity contribution in [1.82, 2.24) is 14.8 Å². The van der Waals surface area contributed by atoms with Gasteiger partial charge in [-0.25, -0.2) is 4.79 Å². The van der Waals surface area contributed by atoms with Crippen molar-refractivity contribution in [3.8, 4) is 5.75 Å². The van der Waals surface area contributed by atoms with E-state index < -0.39 is 68.2 Å². The number of fused-ring (bicyclic) bond motifs is 6. The molecule has 0 radical (unpaired) electrons. The molecule has 9 rings (SSSR count). The van der Waals surface area contributed by atoms with E-state index in [9.17, 15) is 30.2 Å². The van der Waals surface area contributed by atoms with Crippen molar-refractivity contribution in [2.45, 2.75) is 92.6 Å². The Hall–Kier alpha value is -4.54. The maximum absolute atomic E-state index is 15.3. The number of nitrogens with one attached hydrogen (secondary N) is 1. The van der Waals surface area contributed by atoms with Gasteiger partial charge in [0.2, 0.25) is 11.4 Å². The minimum absolute atomic E-state index is 0.124. The maximum atomic E-state index is 15.3. The van der Waals surface area contributed by atoms with Crippen molar-refractivity contribution < 1.29 is 44.0 Å². The molecule has 2 bridgehead atoms. The molecule has 3 fully saturated rings. The SMILES string of the molecule is CC[C@]1(O)C[C@@H]2CN(CCc3c([nH]c4ccccc34)[C@@](C(=O)OC)(c3cc4c(c([N+](=O)[O-])c3OC)N(C)[C@@H]3C45CCN4CC=C[C@](CC)([C@H]45)[C@@H](O)[C@]3(O)C(=O)OC)C2)C1. The number of hydrogen-bond donors (Lipinski definition) is 4. The summed E-state index contributed by atoms with van der Waals surface area (Å²) in [5.74, 6) is -2.09. The zero-order chi connectivity index (χ0) is 42.0. The second kappa shape index (κ2) is 13.5. The van der Waals surface area contributed by atoms with Gasteiger partial charge >= 0.3 is 17.6 Å². The van der Waals surface area contributed by atoms with E-state index in [4.69, 9.17) is 14.2 Å². The van der Waals surface area contributed by atoms with Crippen molar-refractivity contribution >= 4 is 34.2 Å². The predicted molar refractivity (Wildman–Crippen MR) is 218 cm³/mol. The van der Waals surface area contributed by atoms with E-state index in [-0.39, 0.29) is 29.3 Å². The van der Waals surface area contributed by atoms with Gasteiger partial charge in [0.05, 0.1) is 37.9 Å². The molecule has 1 saturated carbocycles. The van der Waals surface area contributed by atoms with Gasteiger partial charge in [-0.15, -0.1) is 0 Å². The van der Waals surface area contributed by atoms with Crippen LogP contribution < -0.4 is 9.64 Å². The van der Waals surface area contributed by atoms with Gasteiger partial charge in [0.25, 0.3) is 0 Å².